The molecule has 5 nitrogen and oxygen atoms in total. The normalized spacial score (nSPS) is 11.0. The molecule has 0 unspecified atom stereocenters. The molecule has 1 heterocycles. The first-order valence-electron chi connectivity index (χ1n) is 7.31. The van der Waals surface area contributed by atoms with Gasteiger partial charge >= 0.3 is 0 Å². The van der Waals surface area contributed by atoms with E-state index in [1.807, 2.05) is 49.1 Å². The van der Waals surface area contributed by atoms with E-state index < -0.39 is 0 Å². The molecule has 1 aromatic carbocycles. The summed E-state index contributed by atoms with van der Waals surface area (Å²) in [5.74, 6) is 0.851. The van der Waals surface area contributed by atoms with Gasteiger partial charge in [0.25, 0.3) is 0 Å². The summed E-state index contributed by atoms with van der Waals surface area (Å²) in [7, 11) is 3.93. The molecule has 1 aromatic heterocycles. The lowest BCUT2D eigenvalue weighted by Crippen LogP contribution is -2.38. The summed E-state index contributed by atoms with van der Waals surface area (Å²) < 4.78 is 1.83. The summed E-state index contributed by atoms with van der Waals surface area (Å²) in [6.07, 6.45) is 1.78. The molecule has 0 aliphatic heterocycles. The SMILES string of the molecule is CCNC(=NCc1ccnn1C)N(C)Cc1ccccc1Cl.I. The largest absolute Gasteiger partial charge is 0.357 e. The van der Waals surface area contributed by atoms with E-state index in [4.69, 9.17) is 11.6 Å². The van der Waals surface area contributed by atoms with Crippen LogP contribution in [0.5, 0.6) is 0 Å². The van der Waals surface area contributed by atoms with Crippen molar-refractivity contribution < 1.29 is 0 Å². The van der Waals surface area contributed by atoms with Crippen molar-refractivity contribution in [3.63, 3.8) is 0 Å². The Balaban J connectivity index is 0.00000264. The standard InChI is InChI=1S/C16H22ClN5.HI/c1-4-18-16(19-11-14-9-10-20-22(14)3)21(2)12-13-7-5-6-8-15(13)17;/h5-10H,4,11-12H2,1-3H3,(H,18,19);1H. The number of rotatable bonds is 5. The molecule has 23 heavy (non-hydrogen) atoms. The van der Waals surface area contributed by atoms with Crippen molar-refractivity contribution in [1.29, 1.82) is 0 Å². The highest BCUT2D eigenvalue weighted by molar-refractivity contribution is 14.0. The average Bonchev–Trinajstić information content (AvgIpc) is 2.91. The number of nitrogens with one attached hydrogen (secondary N) is 1. The first-order valence-corrected chi connectivity index (χ1v) is 7.69. The Morgan fingerprint density at radius 3 is 2.70 bits per heavy atom. The molecule has 0 spiro atoms. The van der Waals surface area contributed by atoms with Crippen LogP contribution in [0.2, 0.25) is 5.02 Å². The predicted octanol–water partition coefficient (Wildman–Crippen LogP) is 3.29. The van der Waals surface area contributed by atoms with Gasteiger partial charge in [-0.1, -0.05) is 29.8 Å². The van der Waals surface area contributed by atoms with Crippen LogP contribution in [0, 0.1) is 0 Å². The van der Waals surface area contributed by atoms with Crippen molar-refractivity contribution in [2.45, 2.75) is 20.0 Å². The monoisotopic (exact) mass is 447 g/mol. The van der Waals surface area contributed by atoms with Gasteiger partial charge in [0.1, 0.15) is 0 Å². The molecule has 7 heteroatoms. The van der Waals surface area contributed by atoms with E-state index in [9.17, 15) is 0 Å². The Bertz CT molecular complexity index is 641. The lowest BCUT2D eigenvalue weighted by atomic mass is 10.2. The van der Waals surface area contributed by atoms with Crippen LogP contribution in [0.1, 0.15) is 18.2 Å². The van der Waals surface area contributed by atoms with Crippen LogP contribution in [0.4, 0.5) is 0 Å². The molecule has 126 valence electrons. The molecule has 0 aliphatic carbocycles. The van der Waals surface area contributed by atoms with Gasteiger partial charge in [0, 0.05) is 38.4 Å². The highest BCUT2D eigenvalue weighted by atomic mass is 127. The fourth-order valence-corrected chi connectivity index (χ4v) is 2.33. The molecular weight excluding hydrogens is 425 g/mol. The first-order chi connectivity index (χ1) is 10.6. The molecule has 0 fully saturated rings. The van der Waals surface area contributed by atoms with Crippen molar-refractivity contribution in [2.24, 2.45) is 12.0 Å². The van der Waals surface area contributed by atoms with Crippen LogP contribution in [0.15, 0.2) is 41.5 Å². The third-order valence-electron chi connectivity index (χ3n) is 3.38. The number of aliphatic imine (C=N–C) groups is 1. The van der Waals surface area contributed by atoms with Crippen LogP contribution >= 0.6 is 35.6 Å². The fraction of sp³-hybridized carbons (Fsp3) is 0.375. The predicted molar refractivity (Wildman–Crippen MR) is 106 cm³/mol. The smallest absolute Gasteiger partial charge is 0.194 e. The maximum Gasteiger partial charge on any atom is 0.194 e. The molecular formula is C16H23ClIN5. The highest BCUT2D eigenvalue weighted by Crippen LogP contribution is 2.16. The minimum absolute atomic E-state index is 0. The quantitative estimate of drug-likeness (QED) is 0.435. The van der Waals surface area contributed by atoms with Crippen LogP contribution in [-0.4, -0.2) is 34.2 Å². The van der Waals surface area contributed by atoms with Crippen molar-refractivity contribution in [2.75, 3.05) is 13.6 Å². The third-order valence-corrected chi connectivity index (χ3v) is 3.74. The second-order valence-electron chi connectivity index (χ2n) is 5.06. The molecule has 0 radical (unpaired) electrons. The second-order valence-corrected chi connectivity index (χ2v) is 5.47. The number of hydrogen-bond donors (Lipinski definition) is 1. The lowest BCUT2D eigenvalue weighted by Gasteiger charge is -2.22. The van der Waals surface area contributed by atoms with Crippen LogP contribution < -0.4 is 5.32 Å². The summed E-state index contributed by atoms with van der Waals surface area (Å²) in [5.41, 5.74) is 2.15. The Kier molecular flexibility index (Phi) is 8.40. The van der Waals surface area contributed by atoms with E-state index >= 15 is 0 Å². The van der Waals surface area contributed by atoms with Gasteiger partial charge < -0.3 is 10.2 Å². The maximum absolute atomic E-state index is 6.23. The van der Waals surface area contributed by atoms with Gasteiger partial charge in [-0.2, -0.15) is 5.10 Å². The number of nitrogens with zero attached hydrogens (tertiary/aromatic N) is 4. The average molecular weight is 448 g/mol. The van der Waals surface area contributed by atoms with Crippen molar-refractivity contribution in [3.8, 4) is 0 Å². The Morgan fingerprint density at radius 1 is 1.35 bits per heavy atom. The molecule has 2 rings (SSSR count). The van der Waals surface area contributed by atoms with E-state index in [0.29, 0.717) is 13.1 Å². The van der Waals surface area contributed by atoms with E-state index in [2.05, 4.69) is 27.2 Å². The molecule has 0 bridgehead atoms. The van der Waals surface area contributed by atoms with Gasteiger partial charge in [-0.3, -0.25) is 4.68 Å². The number of hydrogen-bond acceptors (Lipinski definition) is 2. The third kappa shape index (κ3) is 5.69. The summed E-state index contributed by atoms with van der Waals surface area (Å²) in [4.78, 5) is 6.74. The van der Waals surface area contributed by atoms with E-state index in [-0.39, 0.29) is 24.0 Å². The van der Waals surface area contributed by atoms with Crippen molar-refractivity contribution in [1.82, 2.24) is 20.0 Å². The summed E-state index contributed by atoms with van der Waals surface area (Å²) in [5, 5.41) is 8.24. The molecule has 2 aromatic rings. The van der Waals surface area contributed by atoms with Crippen molar-refractivity contribution >= 4 is 41.5 Å². The van der Waals surface area contributed by atoms with Gasteiger partial charge in [-0.15, -0.1) is 24.0 Å². The number of guanidine groups is 1. The summed E-state index contributed by atoms with van der Waals surface area (Å²) in [6.45, 7) is 4.17. The van der Waals surface area contributed by atoms with Gasteiger partial charge in [0.15, 0.2) is 5.96 Å². The Hall–Kier alpha value is -1.28. The topological polar surface area (TPSA) is 45.5 Å². The number of aromatic nitrogens is 2. The van der Waals surface area contributed by atoms with Gasteiger partial charge in [-0.05, 0) is 24.6 Å². The minimum atomic E-state index is 0. The molecule has 0 aliphatic rings. The molecule has 0 saturated heterocycles. The van der Waals surface area contributed by atoms with Gasteiger partial charge in [0.05, 0.1) is 12.2 Å². The van der Waals surface area contributed by atoms with Crippen LogP contribution in [0.25, 0.3) is 0 Å². The number of aryl methyl sites for hydroxylation is 1. The van der Waals surface area contributed by atoms with E-state index in [1.54, 1.807) is 6.20 Å². The minimum Gasteiger partial charge on any atom is -0.357 e. The fourth-order valence-electron chi connectivity index (χ4n) is 2.14. The highest BCUT2D eigenvalue weighted by Gasteiger charge is 2.09. The summed E-state index contributed by atoms with van der Waals surface area (Å²) >= 11 is 6.23. The zero-order chi connectivity index (χ0) is 15.9. The number of halogens is 2. The Labute approximate surface area is 159 Å². The number of benzene rings is 1. The van der Waals surface area contributed by atoms with Crippen LogP contribution in [-0.2, 0) is 20.1 Å². The van der Waals surface area contributed by atoms with E-state index in [0.717, 1.165) is 28.8 Å². The zero-order valence-electron chi connectivity index (χ0n) is 13.7. The van der Waals surface area contributed by atoms with Crippen molar-refractivity contribution in [3.05, 3.63) is 52.8 Å². The summed E-state index contributed by atoms with van der Waals surface area (Å²) in [6, 6.07) is 9.84. The van der Waals surface area contributed by atoms with Gasteiger partial charge in [-0.25, -0.2) is 4.99 Å². The molecule has 0 atom stereocenters. The molecule has 0 amide bonds. The zero-order valence-corrected chi connectivity index (χ0v) is 16.7. The molecule has 0 saturated carbocycles. The lowest BCUT2D eigenvalue weighted by molar-refractivity contribution is 0.476. The Morgan fingerprint density at radius 2 is 2.09 bits per heavy atom. The first kappa shape index (κ1) is 19.8. The van der Waals surface area contributed by atoms with E-state index in [1.165, 1.54) is 0 Å². The molecule has 1 N–H and O–H groups in total. The second kappa shape index (κ2) is 9.77. The van der Waals surface area contributed by atoms with Gasteiger partial charge in [0.2, 0.25) is 0 Å². The van der Waals surface area contributed by atoms with Crippen LogP contribution in [0.3, 0.4) is 0 Å². The maximum atomic E-state index is 6.23.